The Morgan fingerprint density at radius 3 is 2.82 bits per heavy atom. The summed E-state index contributed by atoms with van der Waals surface area (Å²) in [5.41, 5.74) is 2.98. The Morgan fingerprint density at radius 2 is 1.96 bits per heavy atom. The minimum absolute atomic E-state index is 0.128. The Kier molecular flexibility index (Phi) is 5.02. The standard InChI is InChI=1S/C22H23N3O3/c1-14(26)24-20(12-15-13-23-18-8-4-2-6-16(15)18)22(27)25-19-10-11-28-21-9-5-3-7-17(19)21/h2-9,13,19-20,23H,10-12H2,1H3,(H,24,26)(H,25,27)/t19-,20-/m0/s1. The number of aromatic nitrogens is 1. The first-order valence-corrected chi connectivity index (χ1v) is 9.46. The summed E-state index contributed by atoms with van der Waals surface area (Å²) >= 11 is 0. The number of benzene rings is 2. The van der Waals surface area contributed by atoms with Crippen LogP contribution < -0.4 is 15.4 Å². The van der Waals surface area contributed by atoms with Crippen LogP contribution in [0.25, 0.3) is 10.9 Å². The number of amides is 2. The molecule has 0 bridgehead atoms. The van der Waals surface area contributed by atoms with Crippen LogP contribution in [0.5, 0.6) is 5.75 Å². The zero-order valence-electron chi connectivity index (χ0n) is 15.7. The number of hydrogen-bond donors (Lipinski definition) is 3. The van der Waals surface area contributed by atoms with Crippen molar-refractivity contribution >= 4 is 22.7 Å². The first kappa shape index (κ1) is 18.1. The van der Waals surface area contributed by atoms with Gasteiger partial charge in [0.2, 0.25) is 11.8 Å². The third kappa shape index (κ3) is 3.71. The van der Waals surface area contributed by atoms with Crippen LogP contribution in [-0.4, -0.2) is 29.4 Å². The minimum atomic E-state index is -0.647. The van der Waals surface area contributed by atoms with Gasteiger partial charge in [0.1, 0.15) is 11.8 Å². The summed E-state index contributed by atoms with van der Waals surface area (Å²) in [4.78, 5) is 28.0. The van der Waals surface area contributed by atoms with Gasteiger partial charge < -0.3 is 20.4 Å². The molecule has 3 N–H and O–H groups in total. The van der Waals surface area contributed by atoms with Crippen LogP contribution in [0.4, 0.5) is 0 Å². The number of para-hydroxylation sites is 2. The van der Waals surface area contributed by atoms with Crippen LogP contribution in [0.2, 0.25) is 0 Å². The molecule has 6 nitrogen and oxygen atoms in total. The highest BCUT2D eigenvalue weighted by Gasteiger charge is 2.27. The minimum Gasteiger partial charge on any atom is -0.493 e. The zero-order chi connectivity index (χ0) is 19.5. The number of carbonyl (C=O) groups is 2. The van der Waals surface area contributed by atoms with Crippen molar-refractivity contribution in [3.8, 4) is 5.75 Å². The first-order chi connectivity index (χ1) is 13.6. The summed E-state index contributed by atoms with van der Waals surface area (Å²) in [6.45, 7) is 1.98. The van der Waals surface area contributed by atoms with Crippen molar-refractivity contribution < 1.29 is 14.3 Å². The molecule has 0 unspecified atom stereocenters. The molecule has 2 amide bonds. The van der Waals surface area contributed by atoms with Gasteiger partial charge in [0.25, 0.3) is 0 Å². The smallest absolute Gasteiger partial charge is 0.243 e. The fourth-order valence-electron chi connectivity index (χ4n) is 3.74. The van der Waals surface area contributed by atoms with Gasteiger partial charge in [-0.1, -0.05) is 36.4 Å². The van der Waals surface area contributed by atoms with E-state index in [1.807, 2.05) is 54.7 Å². The molecule has 0 radical (unpaired) electrons. The molecule has 0 aliphatic carbocycles. The van der Waals surface area contributed by atoms with Crippen LogP contribution in [0.3, 0.4) is 0 Å². The van der Waals surface area contributed by atoms with Gasteiger partial charge in [-0.15, -0.1) is 0 Å². The third-order valence-electron chi connectivity index (χ3n) is 5.07. The highest BCUT2D eigenvalue weighted by molar-refractivity contribution is 5.89. The molecule has 2 aromatic carbocycles. The van der Waals surface area contributed by atoms with E-state index in [9.17, 15) is 9.59 Å². The number of nitrogens with one attached hydrogen (secondary N) is 3. The van der Waals surface area contributed by atoms with Crippen LogP contribution in [0.1, 0.15) is 30.5 Å². The lowest BCUT2D eigenvalue weighted by atomic mass is 9.99. The average molecular weight is 377 g/mol. The Bertz CT molecular complexity index is 1010. The molecular formula is C22H23N3O3. The summed E-state index contributed by atoms with van der Waals surface area (Å²) < 4.78 is 5.67. The van der Waals surface area contributed by atoms with Crippen molar-refractivity contribution in [2.75, 3.05) is 6.61 Å². The summed E-state index contributed by atoms with van der Waals surface area (Å²) in [6.07, 6.45) is 3.01. The number of fused-ring (bicyclic) bond motifs is 2. The maximum absolute atomic E-state index is 13.0. The molecule has 4 rings (SSSR count). The summed E-state index contributed by atoms with van der Waals surface area (Å²) in [5, 5.41) is 6.95. The number of ether oxygens (including phenoxy) is 1. The Morgan fingerprint density at radius 1 is 1.18 bits per heavy atom. The van der Waals surface area contributed by atoms with E-state index in [4.69, 9.17) is 4.74 Å². The number of rotatable bonds is 5. The number of H-pyrrole nitrogens is 1. The van der Waals surface area contributed by atoms with Gasteiger partial charge in [-0.2, -0.15) is 0 Å². The SMILES string of the molecule is CC(=O)N[C@@H](Cc1c[nH]c2ccccc12)C(=O)N[C@H]1CCOc2ccccc21. The molecule has 3 aromatic rings. The van der Waals surface area contributed by atoms with E-state index < -0.39 is 6.04 Å². The van der Waals surface area contributed by atoms with Crippen LogP contribution in [0, 0.1) is 0 Å². The Labute approximate surface area is 163 Å². The number of hydrogen-bond acceptors (Lipinski definition) is 3. The molecule has 0 spiro atoms. The van der Waals surface area contributed by atoms with Crippen molar-refractivity contribution in [1.29, 1.82) is 0 Å². The molecule has 2 atom stereocenters. The van der Waals surface area contributed by atoms with E-state index in [1.54, 1.807) is 0 Å². The van der Waals surface area contributed by atoms with Crippen molar-refractivity contribution in [3.63, 3.8) is 0 Å². The van der Waals surface area contributed by atoms with Gasteiger partial charge in [0.05, 0.1) is 12.6 Å². The van der Waals surface area contributed by atoms with E-state index >= 15 is 0 Å². The molecule has 28 heavy (non-hydrogen) atoms. The predicted molar refractivity (Wildman–Crippen MR) is 107 cm³/mol. The van der Waals surface area contributed by atoms with Gasteiger partial charge >= 0.3 is 0 Å². The lowest BCUT2D eigenvalue weighted by molar-refractivity contribution is -0.128. The molecule has 1 aliphatic heterocycles. The quantitative estimate of drug-likeness (QED) is 0.639. The monoisotopic (exact) mass is 377 g/mol. The van der Waals surface area contributed by atoms with E-state index in [0.29, 0.717) is 19.4 Å². The molecular weight excluding hydrogens is 354 g/mol. The maximum atomic E-state index is 13.0. The predicted octanol–water partition coefficient (Wildman–Crippen LogP) is 2.86. The lowest BCUT2D eigenvalue weighted by Gasteiger charge is -2.28. The van der Waals surface area contributed by atoms with Crippen LogP contribution in [-0.2, 0) is 16.0 Å². The largest absolute Gasteiger partial charge is 0.493 e. The molecule has 144 valence electrons. The molecule has 0 fully saturated rings. The highest BCUT2D eigenvalue weighted by atomic mass is 16.5. The second-order valence-corrected chi connectivity index (χ2v) is 7.05. The van der Waals surface area contributed by atoms with Crippen LogP contribution in [0.15, 0.2) is 54.7 Å². The summed E-state index contributed by atoms with van der Waals surface area (Å²) in [7, 11) is 0. The third-order valence-corrected chi connectivity index (χ3v) is 5.07. The van der Waals surface area contributed by atoms with Gasteiger partial charge in [-0.05, 0) is 17.7 Å². The summed E-state index contributed by atoms with van der Waals surface area (Å²) in [5.74, 6) is 0.376. The summed E-state index contributed by atoms with van der Waals surface area (Å²) in [6, 6.07) is 14.9. The van der Waals surface area contributed by atoms with Gasteiger partial charge in [-0.3, -0.25) is 9.59 Å². The molecule has 0 saturated carbocycles. The fraction of sp³-hybridized carbons (Fsp3) is 0.273. The highest BCUT2D eigenvalue weighted by Crippen LogP contribution is 2.31. The molecule has 1 aromatic heterocycles. The first-order valence-electron chi connectivity index (χ1n) is 9.46. The Hall–Kier alpha value is -3.28. The molecule has 2 heterocycles. The molecule has 1 aliphatic rings. The molecule has 6 heteroatoms. The van der Waals surface area contributed by atoms with Gasteiger partial charge in [-0.25, -0.2) is 0 Å². The van der Waals surface area contributed by atoms with Crippen LogP contribution >= 0.6 is 0 Å². The topological polar surface area (TPSA) is 83.2 Å². The van der Waals surface area contributed by atoms with Crippen molar-refractivity contribution in [2.45, 2.75) is 31.8 Å². The maximum Gasteiger partial charge on any atom is 0.243 e. The average Bonchev–Trinajstić information content (AvgIpc) is 3.10. The van der Waals surface area contributed by atoms with Gasteiger partial charge in [0, 0.05) is 42.4 Å². The number of carbonyl (C=O) groups excluding carboxylic acids is 2. The van der Waals surface area contributed by atoms with E-state index in [0.717, 1.165) is 27.8 Å². The normalized spacial score (nSPS) is 16.7. The number of aromatic amines is 1. The lowest BCUT2D eigenvalue weighted by Crippen LogP contribution is -2.48. The second kappa shape index (κ2) is 7.76. The van der Waals surface area contributed by atoms with E-state index in [1.165, 1.54) is 6.92 Å². The van der Waals surface area contributed by atoms with Crippen molar-refractivity contribution in [2.24, 2.45) is 0 Å². The fourth-order valence-corrected chi connectivity index (χ4v) is 3.74. The van der Waals surface area contributed by atoms with E-state index in [2.05, 4.69) is 15.6 Å². The Balaban J connectivity index is 1.54. The second-order valence-electron chi connectivity index (χ2n) is 7.05. The van der Waals surface area contributed by atoms with Crippen molar-refractivity contribution in [1.82, 2.24) is 15.6 Å². The van der Waals surface area contributed by atoms with E-state index in [-0.39, 0.29) is 17.9 Å². The zero-order valence-corrected chi connectivity index (χ0v) is 15.7. The molecule has 0 saturated heterocycles. The van der Waals surface area contributed by atoms with Gasteiger partial charge in [0.15, 0.2) is 0 Å². The van der Waals surface area contributed by atoms with Crippen molar-refractivity contribution in [3.05, 3.63) is 65.9 Å².